The van der Waals surface area contributed by atoms with E-state index in [4.69, 9.17) is 10.7 Å². The Morgan fingerprint density at radius 2 is 2.00 bits per heavy atom. The maximum atomic E-state index is 12.4. The number of aromatic nitrogens is 1. The van der Waals surface area contributed by atoms with E-state index in [0.717, 1.165) is 31.4 Å². The van der Waals surface area contributed by atoms with E-state index in [0.29, 0.717) is 5.92 Å². The van der Waals surface area contributed by atoms with E-state index in [1.54, 1.807) is 11.3 Å². The average Bonchev–Trinajstić information content (AvgIpc) is 2.97. The van der Waals surface area contributed by atoms with Gasteiger partial charge in [-0.2, -0.15) is 0 Å². The van der Waals surface area contributed by atoms with E-state index < -0.39 is 0 Å². The van der Waals surface area contributed by atoms with Crippen molar-refractivity contribution >= 4 is 27.5 Å². The smallest absolute Gasteiger partial charge is 0.226 e. The molecule has 0 radical (unpaired) electrons. The van der Waals surface area contributed by atoms with Crippen molar-refractivity contribution in [3.8, 4) is 0 Å². The fraction of sp³-hybridized carbons (Fsp3) is 0.529. The van der Waals surface area contributed by atoms with E-state index in [1.165, 1.54) is 9.71 Å². The predicted molar refractivity (Wildman–Crippen MR) is 91.0 cm³/mol. The average molecular weight is 317 g/mol. The van der Waals surface area contributed by atoms with Gasteiger partial charge in [0.1, 0.15) is 0 Å². The maximum Gasteiger partial charge on any atom is 0.226 e. The Kier molecular flexibility index (Phi) is 4.45. The Bertz CT molecular complexity index is 626. The molecule has 4 nitrogen and oxygen atoms in total. The van der Waals surface area contributed by atoms with Gasteiger partial charge in [0.15, 0.2) is 0 Å². The molecule has 0 spiro atoms. The number of nitrogens with two attached hydrogens (primary N) is 1. The van der Waals surface area contributed by atoms with Crippen LogP contribution in [0.4, 0.5) is 0 Å². The number of hydrogen-bond acceptors (Lipinski definition) is 4. The van der Waals surface area contributed by atoms with Gasteiger partial charge in [-0.3, -0.25) is 4.79 Å². The molecule has 3 rings (SSSR count). The van der Waals surface area contributed by atoms with Crippen molar-refractivity contribution < 1.29 is 4.79 Å². The highest BCUT2D eigenvalue weighted by atomic mass is 32.1. The zero-order valence-electron chi connectivity index (χ0n) is 13.2. The van der Waals surface area contributed by atoms with Crippen molar-refractivity contribution in [1.82, 2.24) is 9.88 Å². The number of thiazole rings is 1. The molecule has 1 aromatic carbocycles. The molecule has 22 heavy (non-hydrogen) atoms. The van der Waals surface area contributed by atoms with Crippen LogP contribution in [-0.2, 0) is 4.79 Å². The first-order valence-electron chi connectivity index (χ1n) is 7.96. The first-order valence-corrected chi connectivity index (χ1v) is 8.77. The van der Waals surface area contributed by atoms with Crippen LogP contribution in [-0.4, -0.2) is 34.9 Å². The van der Waals surface area contributed by atoms with Crippen LogP contribution in [0.2, 0.25) is 0 Å². The molecule has 118 valence electrons. The van der Waals surface area contributed by atoms with Crippen LogP contribution in [0.25, 0.3) is 10.2 Å². The van der Waals surface area contributed by atoms with E-state index in [2.05, 4.69) is 18.2 Å². The fourth-order valence-electron chi connectivity index (χ4n) is 2.92. The lowest BCUT2D eigenvalue weighted by molar-refractivity contribution is -0.136. The van der Waals surface area contributed by atoms with Gasteiger partial charge in [-0.25, -0.2) is 4.98 Å². The highest BCUT2D eigenvalue weighted by Crippen LogP contribution is 2.34. The van der Waals surface area contributed by atoms with Gasteiger partial charge in [0.2, 0.25) is 5.91 Å². The lowest BCUT2D eigenvalue weighted by Crippen LogP contribution is -2.45. The van der Waals surface area contributed by atoms with Gasteiger partial charge < -0.3 is 10.6 Å². The lowest BCUT2D eigenvalue weighted by Gasteiger charge is -2.33. The molecule has 2 N–H and O–H groups in total. The standard InChI is InChI=1S/C17H23N3OS/c1-11(12(2)18)17(21)20-9-7-13(8-10-20)16-19-14-5-3-4-6-15(14)22-16/h3-6,11-13H,7-10,18H2,1-2H3. The molecule has 2 unspecified atom stereocenters. The Labute approximate surface area is 135 Å². The second-order valence-electron chi connectivity index (χ2n) is 6.27. The molecule has 1 amide bonds. The maximum absolute atomic E-state index is 12.4. The number of likely N-dealkylation sites (tertiary alicyclic amines) is 1. The zero-order valence-corrected chi connectivity index (χ0v) is 14.0. The highest BCUT2D eigenvalue weighted by molar-refractivity contribution is 7.18. The summed E-state index contributed by atoms with van der Waals surface area (Å²) in [6.45, 7) is 5.45. The normalized spacial score (nSPS) is 19.3. The Hall–Kier alpha value is -1.46. The number of nitrogens with zero attached hydrogens (tertiary/aromatic N) is 2. The molecule has 1 aliphatic rings. The molecule has 0 aliphatic carbocycles. The van der Waals surface area contributed by atoms with Crippen LogP contribution in [0.5, 0.6) is 0 Å². The Balaban J connectivity index is 1.65. The lowest BCUT2D eigenvalue weighted by atomic mass is 9.95. The summed E-state index contributed by atoms with van der Waals surface area (Å²) in [5.74, 6) is 0.573. The summed E-state index contributed by atoms with van der Waals surface area (Å²) in [6.07, 6.45) is 1.99. The van der Waals surface area contributed by atoms with Gasteiger partial charge in [0.05, 0.1) is 21.1 Å². The van der Waals surface area contributed by atoms with Gasteiger partial charge in [-0.1, -0.05) is 19.1 Å². The van der Waals surface area contributed by atoms with E-state index >= 15 is 0 Å². The van der Waals surface area contributed by atoms with Gasteiger partial charge in [0, 0.05) is 25.0 Å². The molecular formula is C17H23N3OS. The summed E-state index contributed by atoms with van der Waals surface area (Å²) in [5.41, 5.74) is 6.94. The third-order valence-corrected chi connectivity index (χ3v) is 5.84. The minimum Gasteiger partial charge on any atom is -0.342 e. The monoisotopic (exact) mass is 317 g/mol. The number of piperidine rings is 1. The molecule has 2 heterocycles. The molecule has 2 atom stereocenters. The summed E-state index contributed by atoms with van der Waals surface area (Å²) < 4.78 is 1.25. The van der Waals surface area contributed by atoms with Crippen LogP contribution in [0.1, 0.15) is 37.6 Å². The van der Waals surface area contributed by atoms with Crippen LogP contribution in [0, 0.1) is 5.92 Å². The first kappa shape index (κ1) is 15.4. The molecule has 1 aromatic heterocycles. The van der Waals surface area contributed by atoms with Crippen molar-refractivity contribution in [3.05, 3.63) is 29.3 Å². The first-order chi connectivity index (χ1) is 10.6. The number of benzene rings is 1. The van der Waals surface area contributed by atoms with Crippen LogP contribution >= 0.6 is 11.3 Å². The highest BCUT2D eigenvalue weighted by Gasteiger charge is 2.29. The second-order valence-corrected chi connectivity index (χ2v) is 7.33. The summed E-state index contributed by atoms with van der Waals surface area (Å²) in [7, 11) is 0. The van der Waals surface area contributed by atoms with Crippen LogP contribution < -0.4 is 5.73 Å². The molecule has 5 heteroatoms. The summed E-state index contributed by atoms with van der Waals surface area (Å²) in [6, 6.07) is 8.19. The van der Waals surface area contributed by atoms with Crippen LogP contribution in [0.3, 0.4) is 0 Å². The molecular weight excluding hydrogens is 294 g/mol. The summed E-state index contributed by atoms with van der Waals surface area (Å²) in [5, 5.41) is 1.22. The number of para-hydroxylation sites is 1. The van der Waals surface area contributed by atoms with Crippen molar-refractivity contribution in [2.75, 3.05) is 13.1 Å². The van der Waals surface area contributed by atoms with Gasteiger partial charge in [-0.15, -0.1) is 11.3 Å². The predicted octanol–water partition coefficient (Wildman–Crippen LogP) is 2.99. The quantitative estimate of drug-likeness (QED) is 0.947. The third-order valence-electron chi connectivity index (χ3n) is 4.64. The molecule has 2 aromatic rings. The van der Waals surface area contributed by atoms with Gasteiger partial charge >= 0.3 is 0 Å². The topological polar surface area (TPSA) is 59.2 Å². The number of carbonyl (C=O) groups excluding carboxylic acids is 1. The molecule has 1 aliphatic heterocycles. The van der Waals surface area contributed by atoms with Gasteiger partial charge in [-0.05, 0) is 31.9 Å². The summed E-state index contributed by atoms with van der Waals surface area (Å²) >= 11 is 1.79. The molecule has 0 bridgehead atoms. The third kappa shape index (κ3) is 3.01. The number of amides is 1. The van der Waals surface area contributed by atoms with E-state index in [9.17, 15) is 4.79 Å². The largest absolute Gasteiger partial charge is 0.342 e. The SMILES string of the molecule is CC(N)C(C)C(=O)N1CCC(c2nc3ccccc3s2)CC1. The van der Waals surface area contributed by atoms with E-state index in [1.807, 2.05) is 24.8 Å². The van der Waals surface area contributed by atoms with Gasteiger partial charge in [0.25, 0.3) is 0 Å². The number of fused-ring (bicyclic) bond motifs is 1. The molecule has 1 saturated heterocycles. The minimum atomic E-state index is -0.0981. The van der Waals surface area contributed by atoms with Crippen molar-refractivity contribution in [2.45, 2.75) is 38.6 Å². The van der Waals surface area contributed by atoms with E-state index in [-0.39, 0.29) is 17.9 Å². The number of carbonyl (C=O) groups is 1. The van der Waals surface area contributed by atoms with Crippen molar-refractivity contribution in [3.63, 3.8) is 0 Å². The zero-order chi connectivity index (χ0) is 15.7. The Morgan fingerprint density at radius 3 is 2.64 bits per heavy atom. The minimum absolute atomic E-state index is 0.0884. The summed E-state index contributed by atoms with van der Waals surface area (Å²) in [4.78, 5) is 19.1. The van der Waals surface area contributed by atoms with Crippen LogP contribution in [0.15, 0.2) is 24.3 Å². The fourth-order valence-corrected chi connectivity index (χ4v) is 4.06. The van der Waals surface area contributed by atoms with Crippen molar-refractivity contribution in [1.29, 1.82) is 0 Å². The molecule has 1 fully saturated rings. The second kappa shape index (κ2) is 6.34. The Morgan fingerprint density at radius 1 is 1.32 bits per heavy atom. The number of rotatable bonds is 3. The number of hydrogen-bond donors (Lipinski definition) is 1. The molecule has 0 saturated carbocycles. The van der Waals surface area contributed by atoms with Crippen molar-refractivity contribution in [2.24, 2.45) is 11.7 Å².